The molecule has 0 bridgehead atoms. The molecular formula is C14H19NO4S. The maximum absolute atomic E-state index is 12.6. The molecule has 1 aromatic rings. The zero-order valence-corrected chi connectivity index (χ0v) is 12.5. The molecule has 1 N–H and O–H groups in total. The molecule has 1 atom stereocenters. The fourth-order valence-corrected chi connectivity index (χ4v) is 4.05. The molecule has 0 saturated carbocycles. The number of rotatable bonds is 3. The zero-order valence-electron chi connectivity index (χ0n) is 11.7. The van der Waals surface area contributed by atoms with Gasteiger partial charge in [-0.1, -0.05) is 12.1 Å². The second-order valence-corrected chi connectivity index (χ2v) is 7.46. The number of benzene rings is 1. The minimum atomic E-state index is -3.67. The van der Waals surface area contributed by atoms with Gasteiger partial charge in [0.1, 0.15) is 0 Å². The number of β-amino-alcohol motifs (C(OH)–C–C–N with tert-alkyl or cyclic N) is 1. The van der Waals surface area contributed by atoms with Gasteiger partial charge in [-0.3, -0.25) is 4.79 Å². The number of carbonyl (C=O) groups is 1. The summed E-state index contributed by atoms with van der Waals surface area (Å²) >= 11 is 0. The largest absolute Gasteiger partial charge is 0.389 e. The summed E-state index contributed by atoms with van der Waals surface area (Å²) in [5.74, 6) is -0.173. The number of aliphatic hydroxyl groups is 1. The third-order valence-corrected chi connectivity index (χ3v) is 5.36. The molecule has 0 amide bonds. The molecule has 1 fully saturated rings. The first-order chi connectivity index (χ1) is 9.22. The molecular weight excluding hydrogens is 278 g/mol. The Labute approximate surface area is 119 Å². The Morgan fingerprint density at radius 3 is 2.70 bits per heavy atom. The van der Waals surface area contributed by atoms with Crippen molar-refractivity contribution in [2.24, 2.45) is 0 Å². The van der Waals surface area contributed by atoms with Crippen molar-refractivity contribution in [3.05, 3.63) is 29.8 Å². The van der Waals surface area contributed by atoms with Crippen molar-refractivity contribution in [1.82, 2.24) is 4.31 Å². The predicted octanol–water partition coefficient (Wildman–Crippen LogP) is 1.42. The maximum Gasteiger partial charge on any atom is 0.243 e. The van der Waals surface area contributed by atoms with Crippen molar-refractivity contribution in [3.63, 3.8) is 0 Å². The molecule has 20 heavy (non-hydrogen) atoms. The average molecular weight is 297 g/mol. The van der Waals surface area contributed by atoms with Crippen LogP contribution < -0.4 is 0 Å². The lowest BCUT2D eigenvalue weighted by Gasteiger charge is -2.35. The number of hydrogen-bond acceptors (Lipinski definition) is 4. The summed E-state index contributed by atoms with van der Waals surface area (Å²) in [5.41, 5.74) is -0.626. The van der Waals surface area contributed by atoms with Crippen molar-refractivity contribution in [1.29, 1.82) is 0 Å². The summed E-state index contributed by atoms with van der Waals surface area (Å²) in [4.78, 5) is 11.5. The summed E-state index contributed by atoms with van der Waals surface area (Å²) in [6.07, 6.45) is 1.21. The minimum Gasteiger partial charge on any atom is -0.389 e. The molecule has 1 heterocycles. The summed E-state index contributed by atoms with van der Waals surface area (Å²) in [6, 6.07) is 6.02. The number of nitrogens with zero attached hydrogens (tertiary/aromatic N) is 1. The lowest BCUT2D eigenvalue weighted by Crippen LogP contribution is -2.48. The first-order valence-electron chi connectivity index (χ1n) is 6.56. The second kappa shape index (κ2) is 5.27. The van der Waals surface area contributed by atoms with Crippen LogP contribution in [0.2, 0.25) is 0 Å². The average Bonchev–Trinajstić information content (AvgIpc) is 2.37. The number of sulfonamides is 1. The van der Waals surface area contributed by atoms with Crippen molar-refractivity contribution in [3.8, 4) is 0 Å². The van der Waals surface area contributed by atoms with E-state index in [-0.39, 0.29) is 17.2 Å². The van der Waals surface area contributed by atoms with Crippen LogP contribution in [-0.2, 0) is 10.0 Å². The smallest absolute Gasteiger partial charge is 0.243 e. The van der Waals surface area contributed by atoms with Crippen LogP contribution in [0.5, 0.6) is 0 Å². The predicted molar refractivity (Wildman–Crippen MR) is 75.1 cm³/mol. The highest BCUT2D eigenvalue weighted by atomic mass is 32.2. The van der Waals surface area contributed by atoms with Gasteiger partial charge in [-0.2, -0.15) is 4.31 Å². The minimum absolute atomic E-state index is 0.0830. The van der Waals surface area contributed by atoms with Crippen molar-refractivity contribution in [2.75, 3.05) is 13.1 Å². The van der Waals surface area contributed by atoms with Gasteiger partial charge < -0.3 is 5.11 Å². The van der Waals surface area contributed by atoms with Crippen LogP contribution in [-0.4, -0.2) is 42.3 Å². The molecule has 0 radical (unpaired) electrons. The highest BCUT2D eigenvalue weighted by Crippen LogP contribution is 2.26. The monoisotopic (exact) mass is 297 g/mol. The van der Waals surface area contributed by atoms with Crippen molar-refractivity contribution in [2.45, 2.75) is 37.2 Å². The van der Waals surface area contributed by atoms with Crippen molar-refractivity contribution >= 4 is 15.8 Å². The van der Waals surface area contributed by atoms with E-state index in [1.165, 1.54) is 23.4 Å². The number of piperidine rings is 1. The number of ketones is 1. The first-order valence-corrected chi connectivity index (χ1v) is 8.00. The SMILES string of the molecule is CC(=O)c1cccc(S(=O)(=O)N2CCCC(C)(O)C2)c1. The number of carbonyl (C=O) groups excluding carboxylic acids is 1. The third-order valence-electron chi connectivity index (χ3n) is 3.52. The highest BCUT2D eigenvalue weighted by Gasteiger charge is 2.35. The Morgan fingerprint density at radius 2 is 2.10 bits per heavy atom. The lowest BCUT2D eigenvalue weighted by atomic mass is 9.97. The van der Waals surface area contributed by atoms with Crippen LogP contribution in [0.15, 0.2) is 29.2 Å². The summed E-state index contributed by atoms with van der Waals surface area (Å²) in [6.45, 7) is 3.51. The molecule has 1 saturated heterocycles. The molecule has 0 aliphatic carbocycles. The van der Waals surface area contributed by atoms with Gasteiger partial charge in [0.2, 0.25) is 10.0 Å². The molecule has 1 aromatic carbocycles. The maximum atomic E-state index is 12.6. The quantitative estimate of drug-likeness (QED) is 0.856. The van der Waals surface area contributed by atoms with Crippen LogP contribution in [0.4, 0.5) is 0 Å². The summed E-state index contributed by atoms with van der Waals surface area (Å²) in [5, 5.41) is 10.0. The van der Waals surface area contributed by atoms with Gasteiger partial charge >= 0.3 is 0 Å². The Morgan fingerprint density at radius 1 is 1.40 bits per heavy atom. The van der Waals surface area contributed by atoms with Gasteiger partial charge in [-0.05, 0) is 38.8 Å². The Hall–Kier alpha value is -1.24. The lowest BCUT2D eigenvalue weighted by molar-refractivity contribution is 0.00939. The van der Waals surface area contributed by atoms with Crippen LogP contribution >= 0.6 is 0 Å². The van der Waals surface area contributed by atoms with E-state index in [1.807, 2.05) is 0 Å². The second-order valence-electron chi connectivity index (χ2n) is 5.52. The van der Waals surface area contributed by atoms with Crippen LogP contribution in [0.1, 0.15) is 37.0 Å². The third kappa shape index (κ3) is 3.08. The van der Waals surface area contributed by atoms with Gasteiger partial charge in [0.15, 0.2) is 5.78 Å². The first kappa shape index (κ1) is 15.2. The van der Waals surface area contributed by atoms with E-state index in [4.69, 9.17) is 0 Å². The van der Waals surface area contributed by atoms with E-state index in [9.17, 15) is 18.3 Å². The topological polar surface area (TPSA) is 74.7 Å². The molecule has 2 rings (SSSR count). The summed E-state index contributed by atoms with van der Waals surface area (Å²) in [7, 11) is -3.67. The van der Waals surface area contributed by atoms with E-state index in [1.54, 1.807) is 19.1 Å². The summed E-state index contributed by atoms with van der Waals surface area (Å²) < 4.78 is 26.4. The molecule has 0 spiro atoms. The van der Waals surface area contributed by atoms with E-state index in [0.717, 1.165) is 0 Å². The Kier molecular flexibility index (Phi) is 4.00. The van der Waals surface area contributed by atoms with Gasteiger partial charge in [-0.15, -0.1) is 0 Å². The van der Waals surface area contributed by atoms with Gasteiger partial charge in [0.05, 0.1) is 10.5 Å². The number of hydrogen-bond donors (Lipinski definition) is 1. The molecule has 0 aromatic heterocycles. The van der Waals surface area contributed by atoms with Crippen LogP contribution in [0.3, 0.4) is 0 Å². The zero-order chi connectivity index (χ0) is 15.0. The van der Waals surface area contributed by atoms with E-state index in [0.29, 0.717) is 24.9 Å². The standard InChI is InChI=1S/C14H19NO4S/c1-11(16)12-5-3-6-13(9-12)20(18,19)15-8-4-7-14(2,17)10-15/h3,5-6,9,17H,4,7-8,10H2,1-2H3. The molecule has 110 valence electrons. The van der Waals surface area contributed by atoms with Gasteiger partial charge in [0, 0.05) is 18.7 Å². The van der Waals surface area contributed by atoms with E-state index >= 15 is 0 Å². The van der Waals surface area contributed by atoms with Crippen molar-refractivity contribution < 1.29 is 18.3 Å². The highest BCUT2D eigenvalue weighted by molar-refractivity contribution is 7.89. The number of Topliss-reactive ketones (excluding diaryl/α,β-unsaturated/α-hetero) is 1. The van der Waals surface area contributed by atoms with Crippen LogP contribution in [0.25, 0.3) is 0 Å². The normalized spacial score (nSPS) is 24.6. The molecule has 5 nitrogen and oxygen atoms in total. The fourth-order valence-electron chi connectivity index (χ4n) is 2.40. The van der Waals surface area contributed by atoms with Gasteiger partial charge in [-0.25, -0.2) is 8.42 Å². The van der Waals surface area contributed by atoms with E-state index < -0.39 is 15.6 Å². The van der Waals surface area contributed by atoms with Gasteiger partial charge in [0.25, 0.3) is 0 Å². The molecule has 1 unspecified atom stereocenters. The Balaban J connectivity index is 2.35. The Bertz CT molecular complexity index is 622. The molecule has 6 heteroatoms. The fraction of sp³-hybridized carbons (Fsp3) is 0.500. The van der Waals surface area contributed by atoms with E-state index in [2.05, 4.69) is 0 Å². The molecule has 1 aliphatic heterocycles. The van der Waals surface area contributed by atoms with Crippen LogP contribution in [0, 0.1) is 0 Å². The molecule has 1 aliphatic rings.